The van der Waals surface area contributed by atoms with Gasteiger partial charge in [-0.25, -0.2) is 4.98 Å². The summed E-state index contributed by atoms with van der Waals surface area (Å²) >= 11 is 3.31. The highest BCUT2D eigenvalue weighted by atomic mass is 79.9. The minimum atomic E-state index is -0.0237. The standard InChI is InChI=1S/C10H13BrN2O/c1-7(2)10(14)13-9-5-3-4-8(6-11)12-9/h3-5,7H,6H2,1-2H3,(H,12,13,14). The second-order valence-electron chi connectivity index (χ2n) is 3.29. The maximum atomic E-state index is 11.3. The predicted octanol–water partition coefficient (Wildman–Crippen LogP) is 2.57. The Bertz CT molecular complexity index is 326. The third kappa shape index (κ3) is 3.10. The molecule has 0 aliphatic heterocycles. The quantitative estimate of drug-likeness (QED) is 0.845. The van der Waals surface area contributed by atoms with Crippen LogP contribution in [0, 0.1) is 5.92 Å². The van der Waals surface area contributed by atoms with Crippen molar-refractivity contribution < 1.29 is 4.79 Å². The molecule has 1 rings (SSSR count). The fourth-order valence-corrected chi connectivity index (χ4v) is 1.21. The minimum Gasteiger partial charge on any atom is -0.310 e. The van der Waals surface area contributed by atoms with Crippen LogP contribution in [-0.2, 0) is 10.1 Å². The van der Waals surface area contributed by atoms with Gasteiger partial charge in [-0.3, -0.25) is 4.79 Å². The van der Waals surface area contributed by atoms with Crippen molar-refractivity contribution in [3.8, 4) is 0 Å². The maximum Gasteiger partial charge on any atom is 0.228 e. The first-order valence-electron chi connectivity index (χ1n) is 4.46. The number of carbonyl (C=O) groups excluding carboxylic acids is 1. The zero-order valence-electron chi connectivity index (χ0n) is 8.25. The number of rotatable bonds is 3. The molecule has 1 aromatic heterocycles. The number of nitrogens with one attached hydrogen (secondary N) is 1. The average molecular weight is 257 g/mol. The lowest BCUT2D eigenvalue weighted by atomic mass is 10.2. The van der Waals surface area contributed by atoms with Crippen molar-refractivity contribution >= 4 is 27.7 Å². The van der Waals surface area contributed by atoms with Crippen LogP contribution >= 0.6 is 15.9 Å². The summed E-state index contributed by atoms with van der Waals surface area (Å²) in [5.74, 6) is 0.578. The molecule has 0 fully saturated rings. The van der Waals surface area contributed by atoms with Gasteiger partial charge in [0.1, 0.15) is 5.82 Å². The number of anilines is 1. The van der Waals surface area contributed by atoms with E-state index in [9.17, 15) is 4.79 Å². The number of hydrogen-bond donors (Lipinski definition) is 1. The molecule has 0 saturated heterocycles. The van der Waals surface area contributed by atoms with Crippen LogP contribution in [0.4, 0.5) is 5.82 Å². The molecule has 0 saturated carbocycles. The van der Waals surface area contributed by atoms with Crippen LogP contribution in [0.15, 0.2) is 18.2 Å². The summed E-state index contributed by atoms with van der Waals surface area (Å²) in [6, 6.07) is 5.56. The molecule has 0 radical (unpaired) electrons. The molecule has 0 aliphatic rings. The van der Waals surface area contributed by atoms with Gasteiger partial charge >= 0.3 is 0 Å². The number of aromatic nitrogens is 1. The second-order valence-corrected chi connectivity index (χ2v) is 3.85. The molecule has 76 valence electrons. The molecule has 1 N–H and O–H groups in total. The van der Waals surface area contributed by atoms with Crippen LogP contribution in [0.2, 0.25) is 0 Å². The van der Waals surface area contributed by atoms with Crippen LogP contribution in [0.1, 0.15) is 19.5 Å². The van der Waals surface area contributed by atoms with E-state index in [2.05, 4.69) is 26.2 Å². The maximum absolute atomic E-state index is 11.3. The molecule has 3 nitrogen and oxygen atoms in total. The van der Waals surface area contributed by atoms with Crippen molar-refractivity contribution in [2.45, 2.75) is 19.2 Å². The third-order valence-corrected chi connectivity index (χ3v) is 2.29. The lowest BCUT2D eigenvalue weighted by Crippen LogP contribution is -2.18. The number of halogens is 1. The van der Waals surface area contributed by atoms with Gasteiger partial charge in [0.25, 0.3) is 0 Å². The summed E-state index contributed by atoms with van der Waals surface area (Å²) in [5.41, 5.74) is 0.909. The van der Waals surface area contributed by atoms with Crippen LogP contribution in [0.3, 0.4) is 0 Å². The molecule has 0 aliphatic carbocycles. The first-order chi connectivity index (χ1) is 6.63. The Morgan fingerprint density at radius 3 is 2.86 bits per heavy atom. The summed E-state index contributed by atoms with van der Waals surface area (Å²) in [6.07, 6.45) is 0. The Kier molecular flexibility index (Phi) is 4.07. The first-order valence-corrected chi connectivity index (χ1v) is 5.58. The molecule has 1 amide bonds. The summed E-state index contributed by atoms with van der Waals surface area (Å²) < 4.78 is 0. The van der Waals surface area contributed by atoms with Gasteiger partial charge in [-0.1, -0.05) is 35.8 Å². The summed E-state index contributed by atoms with van der Waals surface area (Å²) in [5, 5.41) is 3.44. The van der Waals surface area contributed by atoms with E-state index in [0.717, 1.165) is 5.69 Å². The largest absolute Gasteiger partial charge is 0.310 e. The summed E-state index contributed by atoms with van der Waals surface area (Å²) in [7, 11) is 0. The van der Waals surface area contributed by atoms with Crippen molar-refractivity contribution in [3.63, 3.8) is 0 Å². The highest BCUT2D eigenvalue weighted by molar-refractivity contribution is 9.08. The Morgan fingerprint density at radius 2 is 2.29 bits per heavy atom. The molecular weight excluding hydrogens is 244 g/mol. The molecule has 0 aromatic carbocycles. The average Bonchev–Trinajstić information content (AvgIpc) is 2.18. The van der Waals surface area contributed by atoms with Gasteiger partial charge in [0.15, 0.2) is 0 Å². The fourth-order valence-electron chi connectivity index (χ4n) is 0.894. The van der Waals surface area contributed by atoms with E-state index < -0.39 is 0 Å². The van der Waals surface area contributed by atoms with Crippen molar-refractivity contribution in [1.29, 1.82) is 0 Å². The molecule has 0 spiro atoms. The van der Waals surface area contributed by atoms with Gasteiger partial charge in [0.2, 0.25) is 5.91 Å². The van der Waals surface area contributed by atoms with E-state index in [1.807, 2.05) is 26.0 Å². The van der Waals surface area contributed by atoms with E-state index in [4.69, 9.17) is 0 Å². The Morgan fingerprint density at radius 1 is 1.57 bits per heavy atom. The lowest BCUT2D eigenvalue weighted by Gasteiger charge is -2.07. The fraction of sp³-hybridized carbons (Fsp3) is 0.400. The SMILES string of the molecule is CC(C)C(=O)Nc1cccc(CBr)n1. The lowest BCUT2D eigenvalue weighted by molar-refractivity contribution is -0.118. The van der Waals surface area contributed by atoms with E-state index in [1.165, 1.54) is 0 Å². The van der Waals surface area contributed by atoms with E-state index >= 15 is 0 Å². The number of nitrogens with zero attached hydrogens (tertiary/aromatic N) is 1. The zero-order valence-corrected chi connectivity index (χ0v) is 9.84. The Balaban J connectivity index is 2.72. The smallest absolute Gasteiger partial charge is 0.228 e. The van der Waals surface area contributed by atoms with Crippen LogP contribution < -0.4 is 5.32 Å². The molecule has 0 atom stereocenters. The third-order valence-electron chi connectivity index (χ3n) is 1.72. The van der Waals surface area contributed by atoms with Crippen LogP contribution in [-0.4, -0.2) is 10.9 Å². The van der Waals surface area contributed by atoms with Gasteiger partial charge in [0.05, 0.1) is 5.69 Å². The number of carbonyl (C=O) groups is 1. The van der Waals surface area contributed by atoms with E-state index in [1.54, 1.807) is 6.07 Å². The molecule has 0 unspecified atom stereocenters. The van der Waals surface area contributed by atoms with Gasteiger partial charge in [0, 0.05) is 11.2 Å². The summed E-state index contributed by atoms with van der Waals surface area (Å²) in [4.78, 5) is 15.6. The second kappa shape index (κ2) is 5.10. The van der Waals surface area contributed by atoms with Crippen LogP contribution in [0.25, 0.3) is 0 Å². The minimum absolute atomic E-state index is 0.00998. The Labute approximate surface area is 92.1 Å². The normalized spacial score (nSPS) is 10.3. The number of hydrogen-bond acceptors (Lipinski definition) is 2. The topological polar surface area (TPSA) is 42.0 Å². The number of amides is 1. The summed E-state index contributed by atoms with van der Waals surface area (Å²) in [6.45, 7) is 3.70. The highest BCUT2D eigenvalue weighted by Gasteiger charge is 2.07. The molecule has 4 heteroatoms. The van der Waals surface area contributed by atoms with Gasteiger partial charge in [-0.15, -0.1) is 0 Å². The van der Waals surface area contributed by atoms with E-state index in [0.29, 0.717) is 11.1 Å². The van der Waals surface area contributed by atoms with Crippen molar-refractivity contribution in [2.75, 3.05) is 5.32 Å². The predicted molar refractivity (Wildman–Crippen MR) is 60.3 cm³/mol. The number of alkyl halides is 1. The van der Waals surface area contributed by atoms with Crippen molar-refractivity contribution in [1.82, 2.24) is 4.98 Å². The van der Waals surface area contributed by atoms with Gasteiger partial charge < -0.3 is 5.32 Å². The molecule has 0 bridgehead atoms. The van der Waals surface area contributed by atoms with Gasteiger partial charge in [-0.05, 0) is 12.1 Å². The molecular formula is C10H13BrN2O. The monoisotopic (exact) mass is 256 g/mol. The van der Waals surface area contributed by atoms with Crippen molar-refractivity contribution in [2.24, 2.45) is 5.92 Å². The zero-order chi connectivity index (χ0) is 10.6. The van der Waals surface area contributed by atoms with E-state index in [-0.39, 0.29) is 11.8 Å². The molecule has 1 aromatic rings. The molecule has 1 heterocycles. The van der Waals surface area contributed by atoms with Crippen molar-refractivity contribution in [3.05, 3.63) is 23.9 Å². The molecule has 14 heavy (non-hydrogen) atoms. The first kappa shape index (κ1) is 11.2. The highest BCUT2D eigenvalue weighted by Crippen LogP contribution is 2.08. The number of pyridine rings is 1. The Hall–Kier alpha value is -0.900. The van der Waals surface area contributed by atoms with Crippen LogP contribution in [0.5, 0.6) is 0 Å². The van der Waals surface area contributed by atoms with Gasteiger partial charge in [-0.2, -0.15) is 0 Å².